The maximum atomic E-state index is 13.3. The maximum Gasteiger partial charge on any atom is 0.242 e. The average Bonchev–Trinajstić information content (AvgIpc) is 2.80. The highest BCUT2D eigenvalue weighted by atomic mass is 35.5. The van der Waals surface area contributed by atoms with Crippen molar-refractivity contribution < 1.29 is 18.0 Å². The van der Waals surface area contributed by atoms with Crippen LogP contribution in [-0.4, -0.2) is 50.0 Å². The first-order valence-electron chi connectivity index (χ1n) is 11.8. The molecule has 2 amide bonds. The van der Waals surface area contributed by atoms with Crippen molar-refractivity contribution in [3.8, 4) is 0 Å². The Bertz CT molecular complexity index is 1110. The topological polar surface area (TPSA) is 86.8 Å². The zero-order chi connectivity index (χ0) is 26.2. The number of hydrogen-bond donors (Lipinski definition) is 1. The predicted molar refractivity (Wildman–Crippen MR) is 142 cm³/mol. The van der Waals surface area contributed by atoms with Crippen LogP contribution in [0.2, 0.25) is 5.02 Å². The molecule has 0 unspecified atom stereocenters. The van der Waals surface area contributed by atoms with E-state index in [9.17, 15) is 18.0 Å². The van der Waals surface area contributed by atoms with E-state index in [0.29, 0.717) is 17.1 Å². The number of hydrogen-bond acceptors (Lipinski definition) is 4. The summed E-state index contributed by atoms with van der Waals surface area (Å²) in [5.74, 6) is -0.480. The Hall–Kier alpha value is -2.58. The Morgan fingerprint density at radius 3 is 2.26 bits per heavy atom. The molecule has 0 spiro atoms. The van der Waals surface area contributed by atoms with Gasteiger partial charge in [-0.15, -0.1) is 0 Å². The summed E-state index contributed by atoms with van der Waals surface area (Å²) in [5, 5.41) is 3.45. The molecule has 0 saturated heterocycles. The van der Waals surface area contributed by atoms with Gasteiger partial charge in [-0.25, -0.2) is 8.42 Å². The number of anilines is 1. The van der Waals surface area contributed by atoms with Gasteiger partial charge in [0.1, 0.15) is 6.04 Å². The van der Waals surface area contributed by atoms with Crippen LogP contribution in [0.25, 0.3) is 0 Å². The van der Waals surface area contributed by atoms with Gasteiger partial charge in [0.15, 0.2) is 0 Å². The summed E-state index contributed by atoms with van der Waals surface area (Å²) in [7, 11) is -3.52. The number of aryl methyl sites for hydroxylation is 1. The Morgan fingerprint density at radius 1 is 1.06 bits per heavy atom. The second-order valence-corrected chi connectivity index (χ2v) is 11.2. The van der Waals surface area contributed by atoms with Gasteiger partial charge in [-0.1, -0.05) is 54.4 Å². The molecule has 35 heavy (non-hydrogen) atoms. The van der Waals surface area contributed by atoms with Gasteiger partial charge in [0.25, 0.3) is 0 Å². The van der Waals surface area contributed by atoms with Gasteiger partial charge in [-0.3, -0.25) is 13.9 Å². The van der Waals surface area contributed by atoms with Crippen LogP contribution >= 0.6 is 11.6 Å². The number of benzene rings is 2. The highest BCUT2D eigenvalue weighted by Crippen LogP contribution is 2.21. The molecule has 0 radical (unpaired) electrons. The number of nitrogens with zero attached hydrogens (tertiary/aromatic N) is 2. The number of rotatable bonds is 12. The summed E-state index contributed by atoms with van der Waals surface area (Å²) in [4.78, 5) is 27.7. The number of sulfonamides is 1. The molecule has 0 fully saturated rings. The molecule has 0 heterocycles. The molecule has 2 aromatic rings. The molecule has 7 nitrogen and oxygen atoms in total. The summed E-state index contributed by atoms with van der Waals surface area (Å²) in [5.41, 5.74) is 2.32. The Kier molecular flexibility index (Phi) is 10.6. The van der Waals surface area contributed by atoms with Gasteiger partial charge < -0.3 is 10.2 Å². The number of carbonyl (C=O) groups is 2. The van der Waals surface area contributed by atoms with Crippen LogP contribution in [0, 0.1) is 6.92 Å². The van der Waals surface area contributed by atoms with E-state index in [4.69, 9.17) is 11.6 Å². The number of carbonyl (C=O) groups excluding carboxylic acids is 2. The van der Waals surface area contributed by atoms with Crippen LogP contribution in [0.4, 0.5) is 5.69 Å². The first kappa shape index (κ1) is 28.7. The highest BCUT2D eigenvalue weighted by molar-refractivity contribution is 7.92. The third-order valence-corrected chi connectivity index (χ3v) is 7.50. The standard InChI is InChI=1S/C26H36ClN3O4S/c1-6-20(3)28-26(32)21(4)29(18-22-10-7-8-11-24(22)27)25(31)12-9-17-30(35(5,33)34)23-15-13-19(2)14-16-23/h7-8,10-11,13-16,20-21H,6,9,12,17-18H2,1-5H3,(H,28,32)/t20-,21+/m1/s1. The molecular formula is C26H36ClN3O4S. The van der Waals surface area contributed by atoms with Gasteiger partial charge in [0, 0.05) is 30.6 Å². The number of halogens is 1. The van der Waals surface area contributed by atoms with Gasteiger partial charge in [-0.2, -0.15) is 0 Å². The van der Waals surface area contributed by atoms with Crippen LogP contribution in [0.15, 0.2) is 48.5 Å². The van der Waals surface area contributed by atoms with Gasteiger partial charge in [-0.05, 0) is 57.4 Å². The van der Waals surface area contributed by atoms with E-state index in [-0.39, 0.29) is 37.4 Å². The fraction of sp³-hybridized carbons (Fsp3) is 0.462. The van der Waals surface area contributed by atoms with Crippen molar-refractivity contribution in [2.45, 2.75) is 65.6 Å². The summed E-state index contributed by atoms with van der Waals surface area (Å²) < 4.78 is 26.1. The van der Waals surface area contributed by atoms with Gasteiger partial charge in [0.05, 0.1) is 11.9 Å². The SMILES string of the molecule is CC[C@@H](C)NC(=O)[C@H](C)N(Cc1ccccc1Cl)C(=O)CCCN(c1ccc(C)cc1)S(C)(=O)=O. The van der Waals surface area contributed by atoms with E-state index in [2.05, 4.69) is 5.32 Å². The van der Waals surface area contributed by atoms with Crippen LogP contribution in [0.5, 0.6) is 0 Å². The van der Waals surface area contributed by atoms with Crippen LogP contribution in [0.1, 0.15) is 51.2 Å². The van der Waals surface area contributed by atoms with Crippen molar-refractivity contribution in [3.05, 3.63) is 64.7 Å². The highest BCUT2D eigenvalue weighted by Gasteiger charge is 2.27. The second-order valence-electron chi connectivity index (χ2n) is 8.88. The fourth-order valence-electron chi connectivity index (χ4n) is 3.57. The first-order valence-corrected chi connectivity index (χ1v) is 14.0. The number of nitrogens with one attached hydrogen (secondary N) is 1. The molecule has 2 atom stereocenters. The first-order chi connectivity index (χ1) is 16.4. The average molecular weight is 522 g/mol. The van der Waals surface area contributed by atoms with Crippen LogP contribution < -0.4 is 9.62 Å². The van der Waals surface area contributed by atoms with Gasteiger partial charge in [0.2, 0.25) is 21.8 Å². The quantitative estimate of drug-likeness (QED) is 0.444. The van der Waals surface area contributed by atoms with E-state index in [1.54, 1.807) is 25.1 Å². The van der Waals surface area contributed by atoms with Crippen molar-refractivity contribution in [2.75, 3.05) is 17.1 Å². The summed E-state index contributed by atoms with van der Waals surface area (Å²) in [6.45, 7) is 7.85. The van der Waals surface area contributed by atoms with Crippen LogP contribution in [-0.2, 0) is 26.2 Å². The summed E-state index contributed by atoms with van der Waals surface area (Å²) >= 11 is 6.33. The smallest absolute Gasteiger partial charge is 0.242 e. The largest absolute Gasteiger partial charge is 0.352 e. The molecule has 0 aliphatic rings. The van der Waals surface area contributed by atoms with Crippen molar-refractivity contribution >= 4 is 39.1 Å². The zero-order valence-corrected chi connectivity index (χ0v) is 22.7. The molecule has 192 valence electrons. The summed E-state index contributed by atoms with van der Waals surface area (Å²) in [6.07, 6.45) is 2.32. The van der Waals surface area contributed by atoms with E-state index in [1.165, 1.54) is 9.21 Å². The predicted octanol–water partition coefficient (Wildman–Crippen LogP) is 4.53. The lowest BCUT2D eigenvalue weighted by Gasteiger charge is -2.30. The minimum absolute atomic E-state index is 0.0138. The minimum Gasteiger partial charge on any atom is -0.352 e. The molecule has 1 N–H and O–H groups in total. The van der Waals surface area contributed by atoms with Crippen molar-refractivity contribution in [1.82, 2.24) is 10.2 Å². The van der Waals surface area contributed by atoms with E-state index >= 15 is 0 Å². The minimum atomic E-state index is -3.52. The molecule has 2 aromatic carbocycles. The molecule has 9 heteroatoms. The Labute approximate surface area is 214 Å². The molecule has 2 rings (SSSR count). The maximum absolute atomic E-state index is 13.3. The molecular weight excluding hydrogens is 486 g/mol. The third kappa shape index (κ3) is 8.54. The summed E-state index contributed by atoms with van der Waals surface area (Å²) in [6, 6.07) is 13.7. The Morgan fingerprint density at radius 2 is 1.69 bits per heavy atom. The normalized spacial score (nSPS) is 13.1. The van der Waals surface area contributed by atoms with E-state index in [1.807, 2.05) is 51.1 Å². The molecule has 0 aliphatic heterocycles. The van der Waals surface area contributed by atoms with Crippen molar-refractivity contribution in [2.24, 2.45) is 0 Å². The zero-order valence-electron chi connectivity index (χ0n) is 21.1. The molecule has 0 aliphatic carbocycles. The third-order valence-electron chi connectivity index (χ3n) is 5.94. The molecule has 0 aromatic heterocycles. The van der Waals surface area contributed by atoms with Crippen LogP contribution in [0.3, 0.4) is 0 Å². The van der Waals surface area contributed by atoms with Crippen molar-refractivity contribution in [3.63, 3.8) is 0 Å². The fourth-order valence-corrected chi connectivity index (χ4v) is 4.73. The second kappa shape index (κ2) is 12.9. The van der Waals surface area contributed by atoms with E-state index in [0.717, 1.165) is 23.8 Å². The lowest BCUT2D eigenvalue weighted by molar-refractivity contribution is -0.140. The Balaban J connectivity index is 2.18. The molecule has 0 bridgehead atoms. The number of amides is 2. The van der Waals surface area contributed by atoms with Gasteiger partial charge >= 0.3 is 0 Å². The molecule has 0 saturated carbocycles. The lowest BCUT2D eigenvalue weighted by atomic mass is 10.1. The van der Waals surface area contributed by atoms with E-state index < -0.39 is 16.1 Å². The lowest BCUT2D eigenvalue weighted by Crippen LogP contribution is -2.49. The van der Waals surface area contributed by atoms with Crippen molar-refractivity contribution in [1.29, 1.82) is 0 Å². The monoisotopic (exact) mass is 521 g/mol.